The molecule has 1 unspecified atom stereocenters. The third kappa shape index (κ3) is 30.5. The number of carbonyl (C=O) groups excluding carboxylic acids is 4. The first-order valence-corrected chi connectivity index (χ1v) is 40.7. The molecule has 7 aliphatic rings. The average Bonchev–Trinajstić information content (AvgIpc) is 0.805. The number of ether oxygens (including phenoxy) is 3. The molecule has 0 aliphatic carbocycles. The summed E-state index contributed by atoms with van der Waals surface area (Å²) in [6, 6.07) is 3.58. The summed E-state index contributed by atoms with van der Waals surface area (Å²) in [6.45, 7) is 65.5. The Labute approximate surface area is 610 Å². The van der Waals surface area contributed by atoms with Gasteiger partial charge in [0.15, 0.2) is 0 Å². The highest BCUT2D eigenvalue weighted by molar-refractivity contribution is 5.87. The van der Waals surface area contributed by atoms with E-state index >= 15 is 0 Å². The quantitative estimate of drug-likeness (QED) is 0.0551. The number of morpholine rings is 1. The van der Waals surface area contributed by atoms with Crippen LogP contribution in [0.4, 0.5) is 0 Å². The molecule has 0 N–H and O–H groups in total. The van der Waals surface area contributed by atoms with Gasteiger partial charge in [-0.3, -0.25) is 38.8 Å². The van der Waals surface area contributed by atoms with Crippen molar-refractivity contribution < 1.29 is 33.4 Å². The lowest BCUT2D eigenvalue weighted by Gasteiger charge is -2.50. The molecule has 0 amide bonds. The van der Waals surface area contributed by atoms with Crippen molar-refractivity contribution in [1.82, 2.24) is 49.0 Å². The van der Waals surface area contributed by atoms with E-state index < -0.39 is 0 Å². The van der Waals surface area contributed by atoms with Crippen LogP contribution in [0.1, 0.15) is 227 Å². The van der Waals surface area contributed by atoms with Gasteiger partial charge in [0.25, 0.3) is 0 Å². The van der Waals surface area contributed by atoms with Crippen molar-refractivity contribution in [2.75, 3.05) is 199 Å². The van der Waals surface area contributed by atoms with E-state index in [1.807, 2.05) is 14.1 Å². The van der Waals surface area contributed by atoms with Crippen LogP contribution >= 0.6 is 0 Å². The van der Waals surface area contributed by atoms with Crippen LogP contribution in [0.15, 0.2) is 0 Å². The maximum Gasteiger partial charge on any atom is 0.141 e. The molecule has 7 saturated heterocycles. The number of nitrogens with zero attached hydrogens (tertiary/aromatic N) is 10. The van der Waals surface area contributed by atoms with Crippen LogP contribution in [-0.4, -0.2) is 307 Å². The van der Waals surface area contributed by atoms with Crippen molar-refractivity contribution in [2.24, 2.45) is 45.3 Å². The van der Waals surface area contributed by atoms with E-state index in [2.05, 4.69) is 188 Å². The molecule has 580 valence electrons. The molecule has 0 aromatic rings. The largest absolute Gasteiger partial charge is 0.379 e. The first-order valence-electron chi connectivity index (χ1n) is 40.7. The highest BCUT2D eigenvalue weighted by Crippen LogP contribution is 2.41. The van der Waals surface area contributed by atoms with Crippen LogP contribution in [-0.2, 0) is 33.4 Å². The number of likely N-dealkylation sites (N-methyl/N-ethyl adjacent to an activating group) is 3. The van der Waals surface area contributed by atoms with E-state index in [1.54, 1.807) is 0 Å². The molecule has 0 aromatic carbocycles. The zero-order valence-electron chi connectivity index (χ0n) is 68.8. The van der Waals surface area contributed by atoms with Gasteiger partial charge in [0.05, 0.1) is 50.5 Å². The van der Waals surface area contributed by atoms with Crippen LogP contribution in [0.5, 0.6) is 0 Å². The maximum atomic E-state index is 13.3. The van der Waals surface area contributed by atoms with Gasteiger partial charge in [-0.1, -0.05) is 62.3 Å². The Morgan fingerprint density at radius 3 is 1.07 bits per heavy atom. The minimum absolute atomic E-state index is 0.0858. The fourth-order valence-electron chi connectivity index (χ4n) is 16.0. The number of rotatable bonds is 36. The number of carbonyl (C=O) groups is 4. The molecule has 99 heavy (non-hydrogen) atoms. The van der Waals surface area contributed by atoms with Crippen molar-refractivity contribution in [1.29, 1.82) is 0 Å². The van der Waals surface area contributed by atoms with E-state index in [0.717, 1.165) is 234 Å². The van der Waals surface area contributed by atoms with E-state index in [9.17, 15) is 19.2 Å². The molecule has 17 nitrogen and oxygen atoms in total. The molecule has 0 radical (unpaired) electrons. The zero-order chi connectivity index (χ0) is 73.7. The number of likely N-dealkylation sites (tertiary alicyclic amines) is 5. The topological polar surface area (TPSA) is 128 Å². The predicted molar refractivity (Wildman–Crippen MR) is 414 cm³/mol. The van der Waals surface area contributed by atoms with E-state index in [1.165, 1.54) is 0 Å². The molecular weight excluding hydrogens is 1240 g/mol. The zero-order valence-corrected chi connectivity index (χ0v) is 68.8. The van der Waals surface area contributed by atoms with Crippen LogP contribution in [0.3, 0.4) is 0 Å². The number of hydrogen-bond acceptors (Lipinski definition) is 17. The van der Waals surface area contributed by atoms with Gasteiger partial charge in [-0.15, -0.1) is 0 Å². The molecule has 7 rings (SSSR count). The van der Waals surface area contributed by atoms with Crippen molar-refractivity contribution in [3.63, 3.8) is 0 Å². The lowest BCUT2D eigenvalue weighted by Crippen LogP contribution is -2.61. The summed E-state index contributed by atoms with van der Waals surface area (Å²) in [5.41, 5.74) is -0.691. The Morgan fingerprint density at radius 2 is 0.758 bits per heavy atom. The Balaban J connectivity index is 0.000000281. The summed E-state index contributed by atoms with van der Waals surface area (Å²) in [4.78, 5) is 77.0. The molecule has 17 heteroatoms. The van der Waals surface area contributed by atoms with Crippen molar-refractivity contribution >= 4 is 23.1 Å². The van der Waals surface area contributed by atoms with Crippen molar-refractivity contribution in [3.8, 4) is 0 Å². The van der Waals surface area contributed by atoms with Crippen LogP contribution in [0.25, 0.3) is 0 Å². The molecule has 1 atom stereocenters. The third-order valence-electron chi connectivity index (χ3n) is 24.2. The highest BCUT2D eigenvalue weighted by atomic mass is 16.5. The summed E-state index contributed by atoms with van der Waals surface area (Å²) in [6.07, 6.45) is 15.0. The first-order chi connectivity index (χ1) is 46.7. The number of ketones is 4. The molecule has 0 bridgehead atoms. The molecule has 7 fully saturated rings. The lowest BCUT2D eigenvalue weighted by molar-refractivity contribution is -0.138. The van der Waals surface area contributed by atoms with E-state index in [-0.39, 0.29) is 21.7 Å². The van der Waals surface area contributed by atoms with Gasteiger partial charge in [0, 0.05) is 145 Å². The number of piperidine rings is 4. The predicted octanol–water partition coefficient (Wildman–Crippen LogP) is 12.1. The number of hydrogen-bond donors (Lipinski definition) is 0. The van der Waals surface area contributed by atoms with Gasteiger partial charge in [0.1, 0.15) is 23.1 Å². The van der Waals surface area contributed by atoms with Gasteiger partial charge in [0.2, 0.25) is 0 Å². The SMILES string of the molecule is CC(C)CCC(=O)C1(CN2CC(N(C)C)C2)CCN(C(C)C)CC1.CC(C)CCC(=O)C1(COCCN(C)C)CCN(C(C)C)CC1.CC(C)CCC(=O)C1(COCCN2CCOCC2)CCN(C(C)C)CC1.CCN1CCN(CC2(C(=O)CCC(C)C)CCN(C(C)C)CC2)CC1C. The monoisotopic (exact) mass is 1400 g/mol. The van der Waals surface area contributed by atoms with Gasteiger partial charge < -0.3 is 43.6 Å². The Hall–Kier alpha value is -1.84. The molecule has 7 aliphatic heterocycles. The first kappa shape index (κ1) is 89.6. The molecule has 0 spiro atoms. The average molecular weight is 1400 g/mol. The van der Waals surface area contributed by atoms with Crippen molar-refractivity contribution in [3.05, 3.63) is 0 Å². The van der Waals surface area contributed by atoms with Crippen molar-refractivity contribution in [2.45, 2.75) is 264 Å². The second-order valence-electron chi connectivity index (χ2n) is 35.4. The Bertz CT molecular complexity index is 2210. The van der Waals surface area contributed by atoms with Crippen LogP contribution in [0, 0.1) is 45.3 Å². The maximum absolute atomic E-state index is 13.3. The van der Waals surface area contributed by atoms with Gasteiger partial charge in [-0.25, -0.2) is 0 Å². The Morgan fingerprint density at radius 1 is 0.424 bits per heavy atom. The summed E-state index contributed by atoms with van der Waals surface area (Å²) in [7, 11) is 8.42. The van der Waals surface area contributed by atoms with E-state index in [0.29, 0.717) is 122 Å². The van der Waals surface area contributed by atoms with Crippen LogP contribution < -0.4 is 0 Å². The Kier molecular flexibility index (Phi) is 40.7. The summed E-state index contributed by atoms with van der Waals surface area (Å²) in [5.74, 6) is 4.33. The van der Waals surface area contributed by atoms with E-state index in [4.69, 9.17) is 14.2 Å². The number of Topliss-reactive ketones (excluding diaryl/α,β-unsaturated/α-hetero) is 4. The molecule has 0 aromatic heterocycles. The second kappa shape index (κ2) is 45.0. The summed E-state index contributed by atoms with van der Waals surface area (Å²) in [5, 5.41) is 0. The number of piperazine rings is 1. The smallest absolute Gasteiger partial charge is 0.141 e. The normalized spacial score (nSPS) is 22.7. The fraction of sp³-hybridized carbons (Fsp3) is 0.951. The standard InChI is InChI=1S/C22H43N3O.C21H40N2O3.C20H39N3O.C19H38N2O2/c1-7-24-15-14-23(16-20(24)6)17-22(21(26)9-8-18(2)3)10-12-25(13-11-22)19(4)5;1-18(2)5-6-20(24)21(7-9-23(10-8-21)19(3)4)17-26-16-13-22-11-14-25-15-12-22;1-16(2)7-8-19(24)20(9-11-23(12-10-20)17(3)4)15-22-13-18(14-22)21(5)6;1-16(2)7-8-18(22)19(15-23-14-13-20(5)6)9-11-21(12-10-19)17(3)4/h18-20H,7-17H2,1-6H3;18-19H,5-17H2,1-4H3;16-18H,7-15H2,1-6H3;16-17H,7-15H2,1-6H3. The summed E-state index contributed by atoms with van der Waals surface area (Å²) >= 11 is 0. The van der Waals surface area contributed by atoms with Crippen LogP contribution in [0.2, 0.25) is 0 Å². The van der Waals surface area contributed by atoms with Gasteiger partial charge >= 0.3 is 0 Å². The minimum atomic E-state index is -0.259. The fourth-order valence-corrected chi connectivity index (χ4v) is 16.0. The molecule has 0 saturated carbocycles. The highest BCUT2D eigenvalue weighted by Gasteiger charge is 2.47. The molecule has 7 heterocycles. The van der Waals surface area contributed by atoms with Gasteiger partial charge in [-0.2, -0.15) is 0 Å². The van der Waals surface area contributed by atoms with Gasteiger partial charge in [-0.05, 0) is 250 Å². The lowest BCUT2D eigenvalue weighted by atomic mass is 9.72. The third-order valence-corrected chi connectivity index (χ3v) is 24.2. The summed E-state index contributed by atoms with van der Waals surface area (Å²) < 4.78 is 17.4. The molecular formula is C82H160N10O7. The minimum Gasteiger partial charge on any atom is -0.379 e. The second-order valence-corrected chi connectivity index (χ2v) is 35.4.